The van der Waals surface area contributed by atoms with Crippen LogP contribution in [0.1, 0.15) is 10.5 Å². The fourth-order valence-corrected chi connectivity index (χ4v) is 3.65. The number of ether oxygens (including phenoxy) is 1. The van der Waals surface area contributed by atoms with Crippen molar-refractivity contribution < 1.29 is 27.9 Å². The second kappa shape index (κ2) is 7.58. The van der Waals surface area contributed by atoms with E-state index in [4.69, 9.17) is 9.84 Å². The number of carboxylic acids is 1. The van der Waals surface area contributed by atoms with Gasteiger partial charge in [0.05, 0.1) is 19.0 Å². The quantitative estimate of drug-likeness (QED) is 0.650. The number of sulfonamides is 1. The van der Waals surface area contributed by atoms with Gasteiger partial charge in [0.2, 0.25) is 10.0 Å². The van der Waals surface area contributed by atoms with Crippen LogP contribution in [0.2, 0.25) is 0 Å². The van der Waals surface area contributed by atoms with Crippen LogP contribution in [0.5, 0.6) is 0 Å². The number of carboxylic acid groups (broad SMARTS) is 1. The molecule has 3 heterocycles. The van der Waals surface area contributed by atoms with Crippen molar-refractivity contribution in [3.05, 3.63) is 30.5 Å². The van der Waals surface area contributed by atoms with Gasteiger partial charge in [-0.25, -0.2) is 18.4 Å². The van der Waals surface area contributed by atoms with E-state index in [1.165, 1.54) is 11.1 Å². The lowest BCUT2D eigenvalue weighted by atomic mass is 10.2. The highest BCUT2D eigenvalue weighted by molar-refractivity contribution is 7.88. The van der Waals surface area contributed by atoms with E-state index in [1.807, 2.05) is 0 Å². The van der Waals surface area contributed by atoms with Crippen molar-refractivity contribution in [2.24, 2.45) is 0 Å². The lowest BCUT2D eigenvalue weighted by molar-refractivity contribution is -0.137. The normalized spacial score (nSPS) is 18.1. The number of rotatable bonds is 6. The third-order valence-corrected chi connectivity index (χ3v) is 5.34. The molecule has 0 saturated carbocycles. The molecule has 0 spiro atoms. The summed E-state index contributed by atoms with van der Waals surface area (Å²) in [6, 6.07) is 0. The Bertz CT molecular complexity index is 959. The Hall–Kier alpha value is -2.57. The van der Waals surface area contributed by atoms with Crippen molar-refractivity contribution in [3.63, 3.8) is 0 Å². The predicted molar refractivity (Wildman–Crippen MR) is 92.7 cm³/mol. The second-order valence-corrected chi connectivity index (χ2v) is 8.11. The Morgan fingerprint density at radius 2 is 2.04 bits per heavy atom. The van der Waals surface area contributed by atoms with Gasteiger partial charge < -0.3 is 19.1 Å². The molecule has 12 heteroatoms. The number of fused-ring (bicyclic) bond motifs is 1. The van der Waals surface area contributed by atoms with Gasteiger partial charge in [-0.1, -0.05) is 0 Å². The molecule has 0 bridgehead atoms. The van der Waals surface area contributed by atoms with Crippen LogP contribution in [0, 0.1) is 0 Å². The fourth-order valence-electron chi connectivity index (χ4n) is 2.86. The van der Waals surface area contributed by atoms with Crippen LogP contribution in [-0.4, -0.2) is 94.1 Å². The lowest BCUT2D eigenvalue weighted by Crippen LogP contribution is -2.51. The average molecular weight is 397 g/mol. The van der Waals surface area contributed by atoms with Gasteiger partial charge in [-0.05, 0) is 0 Å². The maximum atomic E-state index is 12.8. The highest BCUT2D eigenvalue weighted by Gasteiger charge is 2.31. The van der Waals surface area contributed by atoms with Gasteiger partial charge in [0.15, 0.2) is 11.3 Å². The van der Waals surface area contributed by atoms with E-state index in [2.05, 4.69) is 9.97 Å². The molecule has 0 radical (unpaired) electrons. The summed E-state index contributed by atoms with van der Waals surface area (Å²) in [5.74, 6) is -1.61. The van der Waals surface area contributed by atoms with Crippen LogP contribution in [0.4, 0.5) is 0 Å². The minimum Gasteiger partial charge on any atom is -0.480 e. The van der Waals surface area contributed by atoms with Crippen LogP contribution >= 0.6 is 0 Å². The zero-order valence-corrected chi connectivity index (χ0v) is 15.4. The number of aromatic nitrogens is 3. The summed E-state index contributed by atoms with van der Waals surface area (Å²) in [5.41, 5.74) is 0.614. The van der Waals surface area contributed by atoms with Gasteiger partial charge in [-0.2, -0.15) is 4.31 Å². The van der Waals surface area contributed by atoms with Crippen molar-refractivity contribution >= 4 is 27.5 Å². The SMILES string of the molecule is CS(=O)(=O)N(CC(=O)O)CC1CN(C(=O)c2nccn3ccnc23)CCO1. The molecule has 146 valence electrons. The molecule has 1 unspecified atom stereocenters. The summed E-state index contributed by atoms with van der Waals surface area (Å²) in [7, 11) is -3.73. The van der Waals surface area contributed by atoms with E-state index in [0.29, 0.717) is 12.2 Å². The van der Waals surface area contributed by atoms with Crippen molar-refractivity contribution in [1.82, 2.24) is 23.6 Å². The smallest absolute Gasteiger partial charge is 0.318 e. The van der Waals surface area contributed by atoms with E-state index in [-0.39, 0.29) is 31.3 Å². The molecule has 1 aliphatic heterocycles. The second-order valence-electron chi connectivity index (χ2n) is 6.13. The Labute approximate surface area is 155 Å². The molecular formula is C15H19N5O6S. The molecule has 2 aromatic rings. The molecule has 2 aromatic heterocycles. The molecule has 0 aromatic carbocycles. The van der Waals surface area contributed by atoms with Gasteiger partial charge in [-0.3, -0.25) is 9.59 Å². The highest BCUT2D eigenvalue weighted by atomic mass is 32.2. The van der Waals surface area contributed by atoms with Crippen molar-refractivity contribution in [2.45, 2.75) is 6.10 Å². The zero-order valence-electron chi connectivity index (χ0n) is 14.6. The monoisotopic (exact) mass is 397 g/mol. The Kier molecular flexibility index (Phi) is 5.39. The average Bonchev–Trinajstić information content (AvgIpc) is 3.08. The third kappa shape index (κ3) is 4.40. The molecule has 1 fully saturated rings. The molecule has 11 nitrogen and oxygen atoms in total. The zero-order chi connectivity index (χ0) is 19.6. The number of aliphatic carboxylic acids is 1. The summed E-state index contributed by atoms with van der Waals surface area (Å²) >= 11 is 0. The largest absolute Gasteiger partial charge is 0.480 e. The molecule has 1 N–H and O–H groups in total. The molecule has 3 rings (SSSR count). The number of imidazole rings is 1. The maximum absolute atomic E-state index is 12.8. The van der Waals surface area contributed by atoms with Crippen LogP contribution in [-0.2, 0) is 19.6 Å². The standard InChI is InChI=1S/C15H19N5O6S/c1-27(24,25)20(10-12(21)22)9-11-8-19(6-7-26-11)15(23)13-14-17-3-5-18(14)4-2-16-13/h2-5,11H,6-10H2,1H3,(H,21,22). The van der Waals surface area contributed by atoms with E-state index < -0.39 is 28.6 Å². The highest BCUT2D eigenvalue weighted by Crippen LogP contribution is 2.14. The fraction of sp³-hybridized carbons (Fsp3) is 0.467. The van der Waals surface area contributed by atoms with Crippen LogP contribution in [0.15, 0.2) is 24.8 Å². The molecule has 0 aliphatic carbocycles. The number of carbonyl (C=O) groups excluding carboxylic acids is 1. The van der Waals surface area contributed by atoms with Gasteiger partial charge in [0.1, 0.15) is 6.54 Å². The molecule has 27 heavy (non-hydrogen) atoms. The van der Waals surface area contributed by atoms with Crippen LogP contribution < -0.4 is 0 Å². The first kappa shape index (κ1) is 19.2. The minimum atomic E-state index is -3.73. The van der Waals surface area contributed by atoms with E-state index in [9.17, 15) is 18.0 Å². The van der Waals surface area contributed by atoms with Crippen LogP contribution in [0.25, 0.3) is 5.65 Å². The molecular weight excluding hydrogens is 378 g/mol. The number of amides is 1. The first-order valence-corrected chi connectivity index (χ1v) is 9.96. The van der Waals surface area contributed by atoms with Crippen molar-refractivity contribution in [1.29, 1.82) is 0 Å². The summed E-state index contributed by atoms with van der Waals surface area (Å²) in [5, 5.41) is 8.92. The summed E-state index contributed by atoms with van der Waals surface area (Å²) < 4.78 is 31.6. The van der Waals surface area contributed by atoms with Gasteiger partial charge in [0, 0.05) is 44.4 Å². The first-order valence-electron chi connectivity index (χ1n) is 8.11. The van der Waals surface area contributed by atoms with E-state index in [1.54, 1.807) is 23.0 Å². The summed E-state index contributed by atoms with van der Waals surface area (Å²) in [6.07, 6.45) is 6.73. The minimum absolute atomic E-state index is 0.119. The molecule has 1 amide bonds. The predicted octanol–water partition coefficient (Wildman–Crippen LogP) is -1.08. The van der Waals surface area contributed by atoms with Gasteiger partial charge >= 0.3 is 5.97 Å². The van der Waals surface area contributed by atoms with Crippen molar-refractivity contribution in [2.75, 3.05) is 39.0 Å². The van der Waals surface area contributed by atoms with Gasteiger partial charge in [0.25, 0.3) is 5.91 Å². The van der Waals surface area contributed by atoms with E-state index in [0.717, 1.165) is 10.6 Å². The Morgan fingerprint density at radius 3 is 2.70 bits per heavy atom. The number of hydrogen-bond donors (Lipinski definition) is 1. The molecule has 1 saturated heterocycles. The number of nitrogens with zero attached hydrogens (tertiary/aromatic N) is 5. The molecule has 1 aliphatic rings. The lowest BCUT2D eigenvalue weighted by Gasteiger charge is -2.34. The van der Waals surface area contributed by atoms with Gasteiger partial charge in [-0.15, -0.1) is 0 Å². The van der Waals surface area contributed by atoms with E-state index >= 15 is 0 Å². The first-order chi connectivity index (χ1) is 12.8. The number of carbonyl (C=O) groups is 2. The Morgan fingerprint density at radius 1 is 1.33 bits per heavy atom. The van der Waals surface area contributed by atoms with Crippen LogP contribution in [0.3, 0.4) is 0 Å². The third-order valence-electron chi connectivity index (χ3n) is 4.13. The number of hydrogen-bond acceptors (Lipinski definition) is 7. The topological polar surface area (TPSA) is 134 Å². The Balaban J connectivity index is 1.74. The number of morpholine rings is 1. The summed E-state index contributed by atoms with van der Waals surface area (Å²) in [6.45, 7) is -0.180. The molecule has 1 atom stereocenters. The van der Waals surface area contributed by atoms with Crippen molar-refractivity contribution in [3.8, 4) is 0 Å². The maximum Gasteiger partial charge on any atom is 0.318 e. The summed E-state index contributed by atoms with van der Waals surface area (Å²) in [4.78, 5) is 33.5.